The first-order chi connectivity index (χ1) is 6.90. The summed E-state index contributed by atoms with van der Waals surface area (Å²) in [7, 11) is -1.92. The fraction of sp³-hybridized carbons (Fsp3) is 0.429. The zero-order valence-electron chi connectivity index (χ0n) is 8.17. The van der Waals surface area contributed by atoms with Crippen LogP contribution in [0, 0.1) is 0 Å². The molecule has 3 N–H and O–H groups in total. The van der Waals surface area contributed by atoms with E-state index in [9.17, 15) is 13.2 Å². The van der Waals surface area contributed by atoms with Crippen LogP contribution in [-0.4, -0.2) is 36.4 Å². The maximum absolute atomic E-state index is 11.4. The molecule has 0 fully saturated rings. The van der Waals surface area contributed by atoms with Crippen LogP contribution < -0.4 is 10.5 Å². The number of sulfonamides is 1. The predicted octanol–water partition coefficient (Wildman–Crippen LogP) is -1.56. The number of hydrogen-bond donors (Lipinski definition) is 2. The van der Waals surface area contributed by atoms with Crippen molar-refractivity contribution in [1.82, 2.24) is 15.1 Å². The van der Waals surface area contributed by atoms with Crippen LogP contribution in [0.3, 0.4) is 0 Å². The van der Waals surface area contributed by atoms with Crippen molar-refractivity contribution in [2.24, 2.45) is 12.2 Å². The monoisotopic (exact) mass is 232 g/mol. The molecule has 1 rings (SSSR count). The van der Waals surface area contributed by atoms with Crippen molar-refractivity contribution in [3.05, 3.63) is 18.0 Å². The Kier molecular flexibility index (Phi) is 3.43. The van der Waals surface area contributed by atoms with Gasteiger partial charge in [-0.2, -0.15) is 5.10 Å². The maximum atomic E-state index is 11.4. The number of primary sulfonamides is 1. The van der Waals surface area contributed by atoms with E-state index >= 15 is 0 Å². The molecule has 0 aliphatic heterocycles. The van der Waals surface area contributed by atoms with Gasteiger partial charge in [-0.1, -0.05) is 0 Å². The number of nitrogens with zero attached hydrogens (tertiary/aromatic N) is 2. The molecule has 15 heavy (non-hydrogen) atoms. The molecule has 8 heteroatoms. The van der Waals surface area contributed by atoms with Gasteiger partial charge in [0.05, 0.1) is 5.75 Å². The minimum Gasteiger partial charge on any atom is -0.350 e. The molecule has 0 bridgehead atoms. The topological polar surface area (TPSA) is 107 Å². The zero-order chi connectivity index (χ0) is 11.5. The van der Waals surface area contributed by atoms with Gasteiger partial charge in [-0.3, -0.25) is 9.48 Å². The van der Waals surface area contributed by atoms with Crippen molar-refractivity contribution in [2.45, 2.75) is 0 Å². The summed E-state index contributed by atoms with van der Waals surface area (Å²) in [6, 6.07) is 1.53. The molecule has 0 saturated carbocycles. The van der Waals surface area contributed by atoms with Gasteiger partial charge in [0, 0.05) is 19.8 Å². The largest absolute Gasteiger partial charge is 0.350 e. The van der Waals surface area contributed by atoms with Crippen LogP contribution in [0.15, 0.2) is 12.3 Å². The van der Waals surface area contributed by atoms with Crippen molar-refractivity contribution in [1.29, 1.82) is 0 Å². The van der Waals surface area contributed by atoms with E-state index in [-0.39, 0.29) is 18.2 Å². The normalized spacial score (nSPS) is 11.3. The van der Waals surface area contributed by atoms with Gasteiger partial charge in [-0.05, 0) is 6.07 Å². The molecule has 84 valence electrons. The van der Waals surface area contributed by atoms with Gasteiger partial charge in [0.25, 0.3) is 5.91 Å². The SMILES string of the molecule is Cn1nccc1C(=O)NCCS(N)(=O)=O. The summed E-state index contributed by atoms with van der Waals surface area (Å²) in [5, 5.41) is 11.0. The number of rotatable bonds is 4. The lowest BCUT2D eigenvalue weighted by molar-refractivity contribution is 0.0947. The van der Waals surface area contributed by atoms with E-state index < -0.39 is 10.0 Å². The Hall–Kier alpha value is -1.41. The first-order valence-corrected chi connectivity index (χ1v) is 5.88. The number of nitrogens with two attached hydrogens (primary N) is 1. The average Bonchev–Trinajstić information content (AvgIpc) is 2.48. The van der Waals surface area contributed by atoms with E-state index in [2.05, 4.69) is 10.4 Å². The van der Waals surface area contributed by atoms with Crippen LogP contribution in [0.1, 0.15) is 10.5 Å². The molecular weight excluding hydrogens is 220 g/mol. The lowest BCUT2D eigenvalue weighted by Gasteiger charge is -2.03. The van der Waals surface area contributed by atoms with Crippen LogP contribution in [0.5, 0.6) is 0 Å². The average molecular weight is 232 g/mol. The molecule has 0 unspecified atom stereocenters. The predicted molar refractivity (Wildman–Crippen MR) is 53.5 cm³/mol. The molecule has 1 aromatic heterocycles. The molecule has 0 atom stereocenters. The zero-order valence-corrected chi connectivity index (χ0v) is 8.99. The highest BCUT2D eigenvalue weighted by molar-refractivity contribution is 7.89. The first-order valence-electron chi connectivity index (χ1n) is 4.17. The number of aryl methyl sites for hydroxylation is 1. The van der Waals surface area contributed by atoms with Gasteiger partial charge in [0.1, 0.15) is 5.69 Å². The van der Waals surface area contributed by atoms with E-state index in [4.69, 9.17) is 5.14 Å². The number of carbonyl (C=O) groups is 1. The molecule has 1 heterocycles. The third-order valence-corrected chi connectivity index (χ3v) is 2.50. The van der Waals surface area contributed by atoms with Gasteiger partial charge in [0.2, 0.25) is 10.0 Å². The van der Waals surface area contributed by atoms with Gasteiger partial charge < -0.3 is 5.32 Å². The van der Waals surface area contributed by atoms with Crippen LogP contribution in [0.4, 0.5) is 0 Å². The molecule has 7 nitrogen and oxygen atoms in total. The Bertz CT molecular complexity index is 451. The summed E-state index contributed by atoms with van der Waals surface area (Å²) in [5.74, 6) is -0.657. The van der Waals surface area contributed by atoms with E-state index in [0.717, 1.165) is 0 Å². The van der Waals surface area contributed by atoms with Crippen molar-refractivity contribution in [2.75, 3.05) is 12.3 Å². The van der Waals surface area contributed by atoms with E-state index in [0.29, 0.717) is 5.69 Å². The summed E-state index contributed by atoms with van der Waals surface area (Å²) in [5.41, 5.74) is 0.365. The molecule has 0 aliphatic carbocycles. The third-order valence-electron chi connectivity index (χ3n) is 1.73. The molecule has 0 radical (unpaired) electrons. The number of hydrogen-bond acceptors (Lipinski definition) is 4. The molecule has 0 spiro atoms. The number of carbonyl (C=O) groups excluding carboxylic acids is 1. The summed E-state index contributed by atoms with van der Waals surface area (Å²) < 4.78 is 22.5. The van der Waals surface area contributed by atoms with Gasteiger partial charge in [-0.25, -0.2) is 13.6 Å². The molecule has 0 saturated heterocycles. The standard InChI is InChI=1S/C7H12N4O3S/c1-11-6(2-3-10-11)7(12)9-4-5-15(8,13)14/h2-3H,4-5H2,1H3,(H,9,12)(H2,8,13,14). The maximum Gasteiger partial charge on any atom is 0.269 e. The Morgan fingerprint density at radius 2 is 2.33 bits per heavy atom. The fourth-order valence-electron chi connectivity index (χ4n) is 0.994. The fourth-order valence-corrected chi connectivity index (χ4v) is 1.38. The van der Waals surface area contributed by atoms with Gasteiger partial charge in [-0.15, -0.1) is 0 Å². The molecular formula is C7H12N4O3S. The quantitative estimate of drug-likeness (QED) is 0.654. The Balaban J connectivity index is 2.48. The minimum atomic E-state index is -3.54. The highest BCUT2D eigenvalue weighted by Crippen LogP contribution is 1.94. The van der Waals surface area contributed by atoms with E-state index in [1.165, 1.54) is 16.9 Å². The summed E-state index contributed by atoms with van der Waals surface area (Å²) in [6.07, 6.45) is 1.48. The lowest BCUT2D eigenvalue weighted by Crippen LogP contribution is -2.32. The van der Waals surface area contributed by atoms with E-state index in [1.807, 2.05) is 0 Å². The minimum absolute atomic E-state index is 0.0111. The number of aromatic nitrogens is 2. The second kappa shape index (κ2) is 4.41. The molecule has 0 aliphatic rings. The lowest BCUT2D eigenvalue weighted by atomic mass is 10.4. The van der Waals surface area contributed by atoms with Gasteiger partial charge in [0.15, 0.2) is 0 Å². The van der Waals surface area contributed by atoms with Gasteiger partial charge >= 0.3 is 0 Å². The summed E-state index contributed by atoms with van der Waals surface area (Å²) in [4.78, 5) is 11.4. The molecule has 0 aromatic carbocycles. The van der Waals surface area contributed by atoms with Crippen molar-refractivity contribution >= 4 is 15.9 Å². The van der Waals surface area contributed by atoms with Crippen molar-refractivity contribution < 1.29 is 13.2 Å². The first kappa shape index (κ1) is 11.7. The van der Waals surface area contributed by atoms with Crippen LogP contribution in [-0.2, 0) is 17.1 Å². The Morgan fingerprint density at radius 3 is 2.80 bits per heavy atom. The second-order valence-corrected chi connectivity index (χ2v) is 4.70. The highest BCUT2D eigenvalue weighted by atomic mass is 32.2. The smallest absolute Gasteiger partial charge is 0.269 e. The highest BCUT2D eigenvalue weighted by Gasteiger charge is 2.10. The Morgan fingerprint density at radius 1 is 1.67 bits per heavy atom. The van der Waals surface area contributed by atoms with Crippen molar-refractivity contribution in [3.63, 3.8) is 0 Å². The molecule has 1 aromatic rings. The van der Waals surface area contributed by atoms with Crippen molar-refractivity contribution in [3.8, 4) is 0 Å². The number of nitrogens with one attached hydrogen (secondary N) is 1. The van der Waals surface area contributed by atoms with Crippen LogP contribution in [0.2, 0.25) is 0 Å². The third kappa shape index (κ3) is 3.68. The van der Waals surface area contributed by atoms with E-state index in [1.54, 1.807) is 7.05 Å². The summed E-state index contributed by atoms with van der Waals surface area (Å²) >= 11 is 0. The second-order valence-electron chi connectivity index (χ2n) is 2.96. The Labute approximate surface area is 87.3 Å². The van der Waals surface area contributed by atoms with Crippen LogP contribution >= 0.6 is 0 Å². The number of amides is 1. The molecule has 1 amide bonds. The van der Waals surface area contributed by atoms with Crippen LogP contribution in [0.25, 0.3) is 0 Å². The summed E-state index contributed by atoms with van der Waals surface area (Å²) in [6.45, 7) is -0.0111.